The predicted octanol–water partition coefficient (Wildman–Crippen LogP) is 11.2. The highest BCUT2D eigenvalue weighted by Gasteiger charge is 2.20. The van der Waals surface area contributed by atoms with E-state index in [0.717, 1.165) is 43.5 Å². The molecule has 6 aromatic carbocycles. The molecule has 1 heterocycles. The molecule has 7 rings (SSSR count). The molecule has 3 heteroatoms. The van der Waals surface area contributed by atoms with E-state index < -0.39 is 0 Å². The highest BCUT2D eigenvalue weighted by molar-refractivity contribution is 9.10. The summed E-state index contributed by atoms with van der Waals surface area (Å²) in [5.41, 5.74) is 9.80. The van der Waals surface area contributed by atoms with Gasteiger partial charge in [-0.15, -0.1) is 0 Å². The summed E-state index contributed by atoms with van der Waals surface area (Å²) in [5.74, 6) is 0. The van der Waals surface area contributed by atoms with Crippen molar-refractivity contribution in [2.75, 3.05) is 4.90 Å². The molecule has 0 amide bonds. The first-order valence-corrected chi connectivity index (χ1v) is 13.8. The third-order valence-electron chi connectivity index (χ3n) is 7.13. The molecule has 0 radical (unpaired) electrons. The minimum Gasteiger partial charge on any atom is -0.456 e. The summed E-state index contributed by atoms with van der Waals surface area (Å²) in [7, 11) is 0. The monoisotopic (exact) mass is 565 g/mol. The van der Waals surface area contributed by atoms with Gasteiger partial charge in [0.05, 0.1) is 5.69 Å². The highest BCUT2D eigenvalue weighted by atomic mass is 79.9. The summed E-state index contributed by atoms with van der Waals surface area (Å²) in [6, 6.07) is 51.1. The number of nitrogens with zero attached hydrogens (tertiary/aromatic N) is 1. The van der Waals surface area contributed by atoms with Crippen LogP contribution in [0, 0.1) is 0 Å². The smallest absolute Gasteiger partial charge is 0.135 e. The molecular weight excluding hydrogens is 542 g/mol. The van der Waals surface area contributed by atoms with Gasteiger partial charge in [-0.05, 0) is 71.3 Å². The lowest BCUT2D eigenvalue weighted by Crippen LogP contribution is -2.11. The van der Waals surface area contributed by atoms with Crippen LogP contribution in [0.2, 0.25) is 0 Å². The van der Waals surface area contributed by atoms with E-state index in [2.05, 4.69) is 154 Å². The summed E-state index contributed by atoms with van der Waals surface area (Å²) < 4.78 is 7.21. The van der Waals surface area contributed by atoms with Crippen molar-refractivity contribution in [1.82, 2.24) is 0 Å². The summed E-state index contributed by atoms with van der Waals surface area (Å²) in [6.45, 7) is 0. The molecule has 1 aromatic heterocycles. The van der Waals surface area contributed by atoms with Gasteiger partial charge in [0.25, 0.3) is 0 Å². The lowest BCUT2D eigenvalue weighted by Gasteiger charge is -2.28. The van der Waals surface area contributed by atoms with E-state index in [0.29, 0.717) is 0 Å². The normalized spacial score (nSPS) is 11.2. The molecule has 2 nitrogen and oxygen atoms in total. The van der Waals surface area contributed by atoms with Crippen LogP contribution in [0.15, 0.2) is 154 Å². The molecule has 0 unspecified atom stereocenters. The number of furan rings is 1. The van der Waals surface area contributed by atoms with Gasteiger partial charge < -0.3 is 9.32 Å². The van der Waals surface area contributed by atoms with Crippen molar-refractivity contribution >= 4 is 54.9 Å². The Hall–Kier alpha value is -4.60. The van der Waals surface area contributed by atoms with E-state index in [4.69, 9.17) is 4.42 Å². The summed E-state index contributed by atoms with van der Waals surface area (Å²) >= 11 is 3.63. The Morgan fingerprint density at radius 2 is 1.05 bits per heavy atom. The molecule has 0 aliphatic heterocycles. The van der Waals surface area contributed by atoms with E-state index in [1.165, 1.54) is 22.3 Å². The molecular formula is C36H24BrNO. The van der Waals surface area contributed by atoms with E-state index in [9.17, 15) is 0 Å². The van der Waals surface area contributed by atoms with Crippen LogP contribution in [0.5, 0.6) is 0 Å². The van der Waals surface area contributed by atoms with Gasteiger partial charge in [0, 0.05) is 32.2 Å². The molecule has 0 saturated heterocycles. The fraction of sp³-hybridized carbons (Fsp3) is 0. The lowest BCUT2D eigenvalue weighted by atomic mass is 9.93. The molecule has 0 atom stereocenters. The Morgan fingerprint density at radius 3 is 1.82 bits per heavy atom. The molecule has 0 fully saturated rings. The number of para-hydroxylation sites is 2. The number of benzene rings is 6. The van der Waals surface area contributed by atoms with E-state index in [1.807, 2.05) is 12.1 Å². The predicted molar refractivity (Wildman–Crippen MR) is 167 cm³/mol. The van der Waals surface area contributed by atoms with Crippen molar-refractivity contribution in [2.24, 2.45) is 0 Å². The molecule has 39 heavy (non-hydrogen) atoms. The minimum absolute atomic E-state index is 0.877. The summed E-state index contributed by atoms with van der Waals surface area (Å²) in [5, 5.41) is 2.18. The highest BCUT2D eigenvalue weighted by Crippen LogP contribution is 2.44. The van der Waals surface area contributed by atoms with Crippen molar-refractivity contribution < 1.29 is 4.42 Å². The molecule has 0 N–H and O–H groups in total. The standard InChI is InChI=1S/C36H24BrNO/c37-26-19-21-35-32(23-26)33-24-28(20-22-36(33)39-35)38(27-13-5-2-6-14-27)34-18-10-9-17-31(34)30-16-8-7-15-29(30)25-11-3-1-4-12-25/h1-24H. The topological polar surface area (TPSA) is 16.4 Å². The number of hydrogen-bond donors (Lipinski definition) is 0. The Balaban J connectivity index is 1.47. The third kappa shape index (κ3) is 4.31. The zero-order chi connectivity index (χ0) is 26.2. The zero-order valence-corrected chi connectivity index (χ0v) is 22.7. The third-order valence-corrected chi connectivity index (χ3v) is 7.63. The molecule has 0 aliphatic rings. The van der Waals surface area contributed by atoms with Crippen LogP contribution in [0.3, 0.4) is 0 Å². The van der Waals surface area contributed by atoms with Gasteiger partial charge in [0.15, 0.2) is 0 Å². The fourth-order valence-corrected chi connectivity index (χ4v) is 5.73. The molecule has 7 aromatic rings. The summed E-state index contributed by atoms with van der Waals surface area (Å²) in [6.07, 6.45) is 0. The second-order valence-electron chi connectivity index (χ2n) is 9.52. The van der Waals surface area contributed by atoms with Crippen LogP contribution in [0.25, 0.3) is 44.2 Å². The Bertz CT molecular complexity index is 1930. The minimum atomic E-state index is 0.877. The maximum Gasteiger partial charge on any atom is 0.135 e. The first-order chi connectivity index (χ1) is 19.3. The van der Waals surface area contributed by atoms with Crippen molar-refractivity contribution in [1.29, 1.82) is 0 Å². The fourth-order valence-electron chi connectivity index (χ4n) is 5.36. The van der Waals surface area contributed by atoms with Gasteiger partial charge in [0.1, 0.15) is 11.2 Å². The zero-order valence-electron chi connectivity index (χ0n) is 21.1. The van der Waals surface area contributed by atoms with Gasteiger partial charge in [-0.1, -0.05) is 107 Å². The van der Waals surface area contributed by atoms with Crippen molar-refractivity contribution in [3.63, 3.8) is 0 Å². The Kier molecular flexibility index (Phi) is 5.99. The van der Waals surface area contributed by atoms with Crippen molar-refractivity contribution in [2.45, 2.75) is 0 Å². The van der Waals surface area contributed by atoms with E-state index >= 15 is 0 Å². The molecule has 0 spiro atoms. The van der Waals surface area contributed by atoms with Crippen molar-refractivity contribution in [3.05, 3.63) is 150 Å². The van der Waals surface area contributed by atoms with Crippen molar-refractivity contribution in [3.8, 4) is 22.3 Å². The molecule has 0 aliphatic carbocycles. The first kappa shape index (κ1) is 23.5. The second-order valence-corrected chi connectivity index (χ2v) is 10.4. The number of anilines is 3. The first-order valence-electron chi connectivity index (χ1n) is 13.0. The van der Waals surface area contributed by atoms with Crippen LogP contribution in [0.1, 0.15) is 0 Å². The van der Waals surface area contributed by atoms with Crippen LogP contribution >= 0.6 is 15.9 Å². The largest absolute Gasteiger partial charge is 0.456 e. The maximum atomic E-state index is 6.17. The Labute approximate surface area is 235 Å². The van der Waals surface area contributed by atoms with Gasteiger partial charge in [-0.2, -0.15) is 0 Å². The molecule has 186 valence electrons. The number of hydrogen-bond acceptors (Lipinski definition) is 2. The Morgan fingerprint density at radius 1 is 0.462 bits per heavy atom. The van der Waals surface area contributed by atoms with Gasteiger partial charge >= 0.3 is 0 Å². The number of halogens is 1. The number of fused-ring (bicyclic) bond motifs is 3. The van der Waals surface area contributed by atoms with Gasteiger partial charge in [0.2, 0.25) is 0 Å². The summed E-state index contributed by atoms with van der Waals surface area (Å²) in [4.78, 5) is 2.34. The van der Waals surface area contributed by atoms with E-state index in [1.54, 1.807) is 0 Å². The number of rotatable bonds is 5. The molecule has 0 bridgehead atoms. The van der Waals surface area contributed by atoms with Crippen LogP contribution < -0.4 is 4.90 Å². The molecule has 0 saturated carbocycles. The average Bonchev–Trinajstić information content (AvgIpc) is 3.36. The van der Waals surface area contributed by atoms with Crippen LogP contribution in [0.4, 0.5) is 17.1 Å². The second kappa shape index (κ2) is 9.94. The lowest BCUT2D eigenvalue weighted by molar-refractivity contribution is 0.669. The average molecular weight is 566 g/mol. The maximum absolute atomic E-state index is 6.17. The van der Waals surface area contributed by atoms with Gasteiger partial charge in [-0.3, -0.25) is 0 Å². The van der Waals surface area contributed by atoms with Crippen LogP contribution in [-0.4, -0.2) is 0 Å². The van der Waals surface area contributed by atoms with Gasteiger partial charge in [-0.25, -0.2) is 0 Å². The SMILES string of the molecule is Brc1ccc2oc3ccc(N(c4ccccc4)c4ccccc4-c4ccccc4-c4ccccc4)cc3c2c1. The van der Waals surface area contributed by atoms with E-state index in [-0.39, 0.29) is 0 Å². The van der Waals surface area contributed by atoms with Crippen LogP contribution in [-0.2, 0) is 0 Å². The quantitative estimate of drug-likeness (QED) is 0.206.